The molecule has 2 N–H and O–H groups in total. The summed E-state index contributed by atoms with van der Waals surface area (Å²) in [6, 6.07) is 12.6. The zero-order chi connectivity index (χ0) is 14.1. The van der Waals surface area contributed by atoms with Gasteiger partial charge in [-0.2, -0.15) is 4.99 Å². The van der Waals surface area contributed by atoms with E-state index < -0.39 is 12.0 Å². The summed E-state index contributed by atoms with van der Waals surface area (Å²) in [5, 5.41) is 13.8. The lowest BCUT2D eigenvalue weighted by Crippen LogP contribution is -2.36. The molecule has 0 radical (unpaired) electrons. The Morgan fingerprint density at radius 1 is 1.20 bits per heavy atom. The molecule has 1 unspecified atom stereocenters. The van der Waals surface area contributed by atoms with Crippen LogP contribution in [0.5, 0.6) is 0 Å². The fourth-order valence-corrected chi connectivity index (χ4v) is 2.47. The molecule has 5 nitrogen and oxygen atoms in total. The Kier molecular flexibility index (Phi) is 2.95. The molecular formula is C15H12N2O3. The molecule has 20 heavy (non-hydrogen) atoms. The molecule has 0 fully saturated rings. The zero-order valence-corrected chi connectivity index (χ0v) is 10.5. The fourth-order valence-electron chi connectivity index (χ4n) is 2.47. The Balaban J connectivity index is 2.06. The topological polar surface area (TPSA) is 78.8 Å². The Bertz CT molecular complexity index is 731. The summed E-state index contributed by atoms with van der Waals surface area (Å²) >= 11 is 0. The average molecular weight is 268 g/mol. The standard InChI is InChI=1S/C15H12N2O3/c18-14(19)13-8-12(16-15(20)17-13)11-7-3-5-9-4-1-2-6-10(9)11/h1-7,12H,8H2,(H,16,20)(H,18,19). The lowest BCUT2D eigenvalue weighted by Gasteiger charge is -2.23. The van der Waals surface area contributed by atoms with Crippen molar-refractivity contribution in [2.24, 2.45) is 4.99 Å². The number of hydrogen-bond acceptors (Lipinski definition) is 2. The summed E-state index contributed by atoms with van der Waals surface area (Å²) in [4.78, 5) is 26.1. The maximum Gasteiger partial charge on any atom is 0.350 e. The number of carboxylic acids is 1. The molecule has 3 rings (SSSR count). The summed E-state index contributed by atoms with van der Waals surface area (Å²) in [5.41, 5.74) is 0.803. The van der Waals surface area contributed by atoms with Crippen LogP contribution in [-0.2, 0) is 4.79 Å². The second-order valence-corrected chi connectivity index (χ2v) is 4.64. The van der Waals surface area contributed by atoms with Crippen molar-refractivity contribution in [3.05, 3.63) is 48.0 Å². The number of amides is 2. The van der Waals surface area contributed by atoms with Gasteiger partial charge in [0.25, 0.3) is 0 Å². The molecule has 1 atom stereocenters. The third-order valence-electron chi connectivity index (χ3n) is 3.38. The van der Waals surface area contributed by atoms with Gasteiger partial charge in [-0.3, -0.25) is 0 Å². The van der Waals surface area contributed by atoms with Gasteiger partial charge in [0.2, 0.25) is 0 Å². The molecule has 100 valence electrons. The first-order valence-electron chi connectivity index (χ1n) is 6.24. The number of aliphatic carboxylic acids is 1. The minimum atomic E-state index is -1.15. The molecule has 0 saturated heterocycles. The van der Waals surface area contributed by atoms with Gasteiger partial charge in [-0.15, -0.1) is 0 Å². The van der Waals surface area contributed by atoms with Gasteiger partial charge in [0.1, 0.15) is 5.71 Å². The predicted octanol–water partition coefficient (Wildman–Crippen LogP) is 2.52. The molecule has 1 aliphatic rings. The number of carbonyl (C=O) groups excluding carboxylic acids is 1. The Morgan fingerprint density at radius 2 is 1.95 bits per heavy atom. The van der Waals surface area contributed by atoms with Gasteiger partial charge in [0.05, 0.1) is 6.04 Å². The van der Waals surface area contributed by atoms with Crippen molar-refractivity contribution in [1.82, 2.24) is 5.32 Å². The maximum absolute atomic E-state index is 11.5. The van der Waals surface area contributed by atoms with Crippen LogP contribution in [0.15, 0.2) is 47.5 Å². The number of fused-ring (bicyclic) bond motifs is 1. The van der Waals surface area contributed by atoms with Crippen LogP contribution in [-0.4, -0.2) is 22.8 Å². The first kappa shape index (κ1) is 12.3. The first-order valence-corrected chi connectivity index (χ1v) is 6.24. The third kappa shape index (κ3) is 2.14. The molecule has 0 spiro atoms. The van der Waals surface area contributed by atoms with E-state index >= 15 is 0 Å². The highest BCUT2D eigenvalue weighted by atomic mass is 16.4. The van der Waals surface area contributed by atoms with E-state index in [1.807, 2.05) is 42.5 Å². The SMILES string of the molecule is O=C1N=C(C(=O)O)CC(c2cccc3ccccc23)N1. The lowest BCUT2D eigenvalue weighted by atomic mass is 9.94. The van der Waals surface area contributed by atoms with Crippen LogP contribution in [0.4, 0.5) is 4.79 Å². The van der Waals surface area contributed by atoms with E-state index in [0.717, 1.165) is 16.3 Å². The van der Waals surface area contributed by atoms with E-state index in [4.69, 9.17) is 5.11 Å². The highest BCUT2D eigenvalue weighted by molar-refractivity contribution is 6.37. The second-order valence-electron chi connectivity index (χ2n) is 4.64. The van der Waals surface area contributed by atoms with Crippen LogP contribution in [0.3, 0.4) is 0 Å². The number of carboxylic acid groups (broad SMARTS) is 1. The fraction of sp³-hybridized carbons (Fsp3) is 0.133. The summed E-state index contributed by atoms with van der Waals surface area (Å²) in [6.45, 7) is 0. The van der Waals surface area contributed by atoms with E-state index in [9.17, 15) is 9.59 Å². The van der Waals surface area contributed by atoms with Crippen molar-refractivity contribution in [2.45, 2.75) is 12.5 Å². The summed E-state index contributed by atoms with van der Waals surface area (Å²) in [5.74, 6) is -1.15. The Labute approximate surface area is 114 Å². The highest BCUT2D eigenvalue weighted by Gasteiger charge is 2.27. The zero-order valence-electron chi connectivity index (χ0n) is 10.5. The summed E-state index contributed by atoms with van der Waals surface area (Å²) < 4.78 is 0. The normalized spacial score (nSPS) is 18.5. The van der Waals surface area contributed by atoms with Crippen LogP contribution in [0.1, 0.15) is 18.0 Å². The highest BCUT2D eigenvalue weighted by Crippen LogP contribution is 2.28. The van der Waals surface area contributed by atoms with Crippen molar-refractivity contribution < 1.29 is 14.7 Å². The van der Waals surface area contributed by atoms with Crippen molar-refractivity contribution in [1.29, 1.82) is 0 Å². The van der Waals surface area contributed by atoms with Crippen LogP contribution >= 0.6 is 0 Å². The minimum absolute atomic E-state index is 0.105. The predicted molar refractivity (Wildman–Crippen MR) is 74.9 cm³/mol. The molecule has 1 heterocycles. The largest absolute Gasteiger partial charge is 0.477 e. The first-order chi connectivity index (χ1) is 9.65. The Hall–Kier alpha value is -2.69. The van der Waals surface area contributed by atoms with Crippen LogP contribution in [0, 0.1) is 0 Å². The Morgan fingerprint density at radius 3 is 2.75 bits per heavy atom. The van der Waals surface area contributed by atoms with E-state index in [2.05, 4.69) is 10.3 Å². The second kappa shape index (κ2) is 4.77. The van der Waals surface area contributed by atoms with Gasteiger partial charge in [0.15, 0.2) is 0 Å². The number of carbonyl (C=O) groups is 2. The number of hydrogen-bond donors (Lipinski definition) is 2. The van der Waals surface area contributed by atoms with E-state index in [1.54, 1.807) is 0 Å². The van der Waals surface area contributed by atoms with Gasteiger partial charge in [-0.05, 0) is 16.3 Å². The number of urea groups is 1. The van der Waals surface area contributed by atoms with Gasteiger partial charge in [-0.1, -0.05) is 42.5 Å². The average Bonchev–Trinajstić information content (AvgIpc) is 2.46. The van der Waals surface area contributed by atoms with E-state index in [0.29, 0.717) is 0 Å². The van der Waals surface area contributed by atoms with Gasteiger partial charge < -0.3 is 10.4 Å². The van der Waals surface area contributed by atoms with Gasteiger partial charge in [0, 0.05) is 6.42 Å². The number of aliphatic imine (C=N–C) groups is 1. The quantitative estimate of drug-likeness (QED) is 0.878. The minimum Gasteiger partial charge on any atom is -0.477 e. The van der Waals surface area contributed by atoms with Crippen molar-refractivity contribution in [3.8, 4) is 0 Å². The monoisotopic (exact) mass is 268 g/mol. The molecule has 2 amide bonds. The molecule has 5 heteroatoms. The number of rotatable bonds is 2. The summed E-state index contributed by atoms with van der Waals surface area (Å²) in [6.07, 6.45) is 0.190. The molecule has 0 aromatic heterocycles. The smallest absolute Gasteiger partial charge is 0.350 e. The van der Waals surface area contributed by atoms with E-state index in [1.165, 1.54) is 0 Å². The summed E-state index contributed by atoms with van der Waals surface area (Å²) in [7, 11) is 0. The molecule has 1 aliphatic heterocycles. The van der Waals surface area contributed by atoms with Crippen molar-refractivity contribution in [2.75, 3.05) is 0 Å². The molecule has 0 aliphatic carbocycles. The lowest BCUT2D eigenvalue weighted by molar-refractivity contribution is -0.129. The number of nitrogens with zero attached hydrogens (tertiary/aromatic N) is 1. The maximum atomic E-state index is 11.5. The van der Waals surface area contributed by atoms with Gasteiger partial charge in [-0.25, -0.2) is 9.59 Å². The van der Waals surface area contributed by atoms with Crippen LogP contribution in [0.2, 0.25) is 0 Å². The molecule has 0 bridgehead atoms. The third-order valence-corrected chi connectivity index (χ3v) is 3.38. The van der Waals surface area contributed by atoms with Crippen molar-refractivity contribution >= 4 is 28.5 Å². The number of benzene rings is 2. The molecular weight excluding hydrogens is 256 g/mol. The number of nitrogens with one attached hydrogen (secondary N) is 1. The van der Waals surface area contributed by atoms with E-state index in [-0.39, 0.29) is 18.2 Å². The van der Waals surface area contributed by atoms with Crippen LogP contribution in [0.25, 0.3) is 10.8 Å². The van der Waals surface area contributed by atoms with Crippen LogP contribution < -0.4 is 5.32 Å². The molecule has 0 saturated carbocycles. The van der Waals surface area contributed by atoms with Gasteiger partial charge >= 0.3 is 12.0 Å². The molecule has 2 aromatic rings. The molecule has 2 aromatic carbocycles. The van der Waals surface area contributed by atoms with Crippen molar-refractivity contribution in [3.63, 3.8) is 0 Å².